The van der Waals surface area contributed by atoms with E-state index in [1.54, 1.807) is 11.0 Å². The fraction of sp³-hybridized carbons (Fsp3) is 0.500. The standard InChI is InChI=1S/C12H13BrF3NOS/c13-8-9-1-2-11(10(7-9)12(14,15)16)17-3-5-19(18)6-4-17/h1-2,7H,3-6,8H2. The van der Waals surface area contributed by atoms with E-state index in [1.165, 1.54) is 12.1 Å². The summed E-state index contributed by atoms with van der Waals surface area (Å²) in [4.78, 5) is 1.67. The zero-order valence-electron chi connectivity index (χ0n) is 10.0. The van der Waals surface area contributed by atoms with Crippen LogP contribution in [0, 0.1) is 0 Å². The predicted molar refractivity (Wildman–Crippen MR) is 74.2 cm³/mol. The first-order valence-electron chi connectivity index (χ1n) is 5.78. The van der Waals surface area contributed by atoms with Crippen molar-refractivity contribution in [2.24, 2.45) is 0 Å². The zero-order valence-corrected chi connectivity index (χ0v) is 12.4. The van der Waals surface area contributed by atoms with Crippen molar-refractivity contribution in [3.05, 3.63) is 29.3 Å². The van der Waals surface area contributed by atoms with Gasteiger partial charge in [-0.1, -0.05) is 22.0 Å². The van der Waals surface area contributed by atoms with E-state index in [0.717, 1.165) is 0 Å². The van der Waals surface area contributed by atoms with Crippen LogP contribution in [-0.4, -0.2) is 28.8 Å². The fourth-order valence-electron chi connectivity index (χ4n) is 2.05. The molecule has 0 unspecified atom stereocenters. The molecule has 7 heteroatoms. The number of hydrogen-bond acceptors (Lipinski definition) is 2. The molecule has 0 atom stereocenters. The summed E-state index contributed by atoms with van der Waals surface area (Å²) >= 11 is 3.17. The van der Waals surface area contributed by atoms with Crippen LogP contribution in [0.15, 0.2) is 18.2 Å². The maximum absolute atomic E-state index is 13.1. The minimum absolute atomic E-state index is 0.189. The topological polar surface area (TPSA) is 20.3 Å². The lowest BCUT2D eigenvalue weighted by atomic mass is 10.1. The number of anilines is 1. The van der Waals surface area contributed by atoms with Gasteiger partial charge < -0.3 is 4.90 Å². The van der Waals surface area contributed by atoms with Crippen LogP contribution < -0.4 is 4.90 Å². The van der Waals surface area contributed by atoms with Gasteiger partial charge in [0.15, 0.2) is 0 Å². The van der Waals surface area contributed by atoms with Crippen LogP contribution in [0.5, 0.6) is 0 Å². The number of hydrogen-bond donors (Lipinski definition) is 0. The summed E-state index contributed by atoms with van der Waals surface area (Å²) in [5, 5.41) is 0.389. The zero-order chi connectivity index (χ0) is 14.0. The van der Waals surface area contributed by atoms with E-state index >= 15 is 0 Å². The average Bonchev–Trinajstić information content (AvgIpc) is 2.38. The van der Waals surface area contributed by atoms with Gasteiger partial charge in [-0.25, -0.2) is 0 Å². The lowest BCUT2D eigenvalue weighted by Crippen LogP contribution is -2.38. The lowest BCUT2D eigenvalue weighted by molar-refractivity contribution is -0.137. The third-order valence-electron chi connectivity index (χ3n) is 3.04. The number of nitrogens with zero attached hydrogens (tertiary/aromatic N) is 1. The van der Waals surface area contributed by atoms with Gasteiger partial charge in [-0.2, -0.15) is 13.2 Å². The van der Waals surface area contributed by atoms with Crippen molar-refractivity contribution in [3.8, 4) is 0 Å². The molecule has 106 valence electrons. The smallest absolute Gasteiger partial charge is 0.369 e. The van der Waals surface area contributed by atoms with Gasteiger partial charge in [0, 0.05) is 46.4 Å². The Morgan fingerprint density at radius 1 is 1.26 bits per heavy atom. The van der Waals surface area contributed by atoms with Crippen molar-refractivity contribution in [2.75, 3.05) is 29.5 Å². The quantitative estimate of drug-likeness (QED) is 0.759. The van der Waals surface area contributed by atoms with Gasteiger partial charge in [0.2, 0.25) is 0 Å². The Bertz CT molecular complexity index is 482. The largest absolute Gasteiger partial charge is 0.418 e. The molecule has 0 aromatic heterocycles. The number of halogens is 4. The van der Waals surface area contributed by atoms with Crippen molar-refractivity contribution < 1.29 is 17.4 Å². The Morgan fingerprint density at radius 3 is 2.42 bits per heavy atom. The molecule has 1 heterocycles. The Kier molecular flexibility index (Phi) is 4.55. The average molecular weight is 356 g/mol. The van der Waals surface area contributed by atoms with E-state index < -0.39 is 22.5 Å². The van der Waals surface area contributed by atoms with E-state index in [0.29, 0.717) is 35.5 Å². The minimum atomic E-state index is -4.37. The van der Waals surface area contributed by atoms with E-state index in [-0.39, 0.29) is 5.69 Å². The van der Waals surface area contributed by atoms with E-state index in [1.807, 2.05) is 0 Å². The van der Waals surface area contributed by atoms with Gasteiger partial charge in [0.1, 0.15) is 0 Å². The Labute approximate surface area is 120 Å². The van der Waals surface area contributed by atoms with Gasteiger partial charge in [-0.05, 0) is 17.7 Å². The Hall–Kier alpha value is -0.560. The second-order valence-electron chi connectivity index (χ2n) is 4.32. The van der Waals surface area contributed by atoms with E-state index in [4.69, 9.17) is 0 Å². The summed E-state index contributed by atoms with van der Waals surface area (Å²) in [7, 11) is -0.899. The normalized spacial score (nSPS) is 17.8. The molecule has 2 nitrogen and oxygen atoms in total. The van der Waals surface area contributed by atoms with E-state index in [9.17, 15) is 17.4 Å². The van der Waals surface area contributed by atoms with Gasteiger partial charge in [-0.3, -0.25) is 4.21 Å². The molecule has 0 aliphatic carbocycles. The molecule has 0 spiro atoms. The van der Waals surface area contributed by atoms with Crippen LogP contribution in [0.2, 0.25) is 0 Å². The fourth-order valence-corrected chi connectivity index (χ4v) is 3.45. The first-order chi connectivity index (χ1) is 8.91. The van der Waals surface area contributed by atoms with Crippen LogP contribution in [0.3, 0.4) is 0 Å². The first kappa shape index (κ1) is 14.8. The molecule has 0 amide bonds. The number of rotatable bonds is 2. The van der Waals surface area contributed by atoms with Crippen molar-refractivity contribution in [3.63, 3.8) is 0 Å². The SMILES string of the molecule is O=S1CCN(c2ccc(CBr)cc2C(F)(F)F)CC1. The summed E-state index contributed by atoms with van der Waals surface area (Å²) in [6.45, 7) is 0.812. The van der Waals surface area contributed by atoms with Crippen LogP contribution in [0.25, 0.3) is 0 Å². The summed E-state index contributed by atoms with van der Waals surface area (Å²) in [6.07, 6.45) is -4.37. The Morgan fingerprint density at radius 2 is 1.89 bits per heavy atom. The van der Waals surface area contributed by atoms with E-state index in [2.05, 4.69) is 15.9 Å². The van der Waals surface area contributed by atoms with Gasteiger partial charge in [-0.15, -0.1) is 0 Å². The Balaban J connectivity index is 2.36. The first-order valence-corrected chi connectivity index (χ1v) is 8.39. The summed E-state index contributed by atoms with van der Waals surface area (Å²) < 4.78 is 50.6. The molecule has 0 saturated carbocycles. The van der Waals surface area contributed by atoms with Crippen LogP contribution in [0.1, 0.15) is 11.1 Å². The number of alkyl halides is 4. The van der Waals surface area contributed by atoms with Gasteiger partial charge >= 0.3 is 6.18 Å². The molecule has 19 heavy (non-hydrogen) atoms. The molecule has 2 rings (SSSR count). The molecule has 1 aliphatic heterocycles. The van der Waals surface area contributed by atoms with Crippen molar-refractivity contribution in [1.29, 1.82) is 0 Å². The second-order valence-corrected chi connectivity index (χ2v) is 6.57. The highest BCUT2D eigenvalue weighted by Crippen LogP contribution is 2.37. The minimum Gasteiger partial charge on any atom is -0.369 e. The molecule has 0 radical (unpaired) electrons. The molecule has 1 aromatic rings. The third kappa shape index (κ3) is 3.51. The highest BCUT2D eigenvalue weighted by Gasteiger charge is 2.35. The van der Waals surface area contributed by atoms with Crippen LogP contribution in [0.4, 0.5) is 18.9 Å². The molecule has 1 saturated heterocycles. The molecular weight excluding hydrogens is 343 g/mol. The lowest BCUT2D eigenvalue weighted by Gasteiger charge is -2.31. The molecule has 0 N–H and O–H groups in total. The predicted octanol–water partition coefficient (Wildman–Crippen LogP) is 3.17. The molecule has 1 aromatic carbocycles. The van der Waals surface area contributed by atoms with Crippen molar-refractivity contribution in [2.45, 2.75) is 11.5 Å². The second kappa shape index (κ2) is 5.83. The van der Waals surface area contributed by atoms with Crippen LogP contribution in [-0.2, 0) is 22.3 Å². The molecule has 1 fully saturated rings. The third-order valence-corrected chi connectivity index (χ3v) is 4.96. The summed E-state index contributed by atoms with van der Waals surface area (Å²) in [6, 6.07) is 4.37. The summed E-state index contributed by atoms with van der Waals surface area (Å²) in [5.74, 6) is 0.856. The highest BCUT2D eigenvalue weighted by molar-refractivity contribution is 9.08. The van der Waals surface area contributed by atoms with Crippen molar-refractivity contribution >= 4 is 32.4 Å². The molecular formula is C12H13BrF3NOS. The van der Waals surface area contributed by atoms with Crippen molar-refractivity contribution in [1.82, 2.24) is 0 Å². The molecule has 0 bridgehead atoms. The highest BCUT2D eigenvalue weighted by atomic mass is 79.9. The number of benzene rings is 1. The monoisotopic (exact) mass is 355 g/mol. The maximum atomic E-state index is 13.1. The summed E-state index contributed by atoms with van der Waals surface area (Å²) in [5.41, 5.74) is 0.169. The maximum Gasteiger partial charge on any atom is 0.418 e. The van der Waals surface area contributed by atoms with Gasteiger partial charge in [0.05, 0.1) is 5.56 Å². The van der Waals surface area contributed by atoms with Crippen LogP contribution >= 0.6 is 15.9 Å². The van der Waals surface area contributed by atoms with Gasteiger partial charge in [0.25, 0.3) is 0 Å². The molecule has 1 aliphatic rings.